The fourth-order valence-corrected chi connectivity index (χ4v) is 3.76. The Balaban J connectivity index is 1.58. The largest absolute Gasteiger partial charge is 0.444 e. The number of fused-ring (bicyclic) bond motifs is 1. The maximum atomic E-state index is 14.5. The number of carbonyl (C=O) groups is 1. The maximum Gasteiger partial charge on any atom is 0.422 e. The van der Waals surface area contributed by atoms with E-state index >= 15 is 0 Å². The third-order valence-electron chi connectivity index (χ3n) is 5.69. The normalized spacial score (nSPS) is 18.4. The molecule has 1 aliphatic heterocycles. The van der Waals surface area contributed by atoms with Gasteiger partial charge in [-0.25, -0.2) is 19.2 Å². The maximum absolute atomic E-state index is 14.5. The second-order valence-corrected chi connectivity index (χ2v) is 9.83. The first kappa shape index (κ1) is 25.6. The van der Waals surface area contributed by atoms with Crippen LogP contribution in [0.25, 0.3) is 17.0 Å². The van der Waals surface area contributed by atoms with Crippen LogP contribution in [0.2, 0.25) is 0 Å². The molecule has 4 rings (SSSR count). The molecule has 0 aromatic carbocycles. The molecule has 194 valence electrons. The highest BCUT2D eigenvalue weighted by atomic mass is 19.4. The molecule has 0 bridgehead atoms. The summed E-state index contributed by atoms with van der Waals surface area (Å²) < 4.78 is 61.1. The molecule has 3 aromatic heterocycles. The van der Waals surface area contributed by atoms with Gasteiger partial charge < -0.3 is 20.1 Å². The summed E-state index contributed by atoms with van der Waals surface area (Å²) in [6, 6.07) is 2.10. The molecule has 2 atom stereocenters. The number of alkyl halides is 3. The summed E-state index contributed by atoms with van der Waals surface area (Å²) >= 11 is 0. The molecular formula is C23H26F4N6O3. The highest BCUT2D eigenvalue weighted by Gasteiger charge is 2.52. The van der Waals surface area contributed by atoms with Crippen LogP contribution in [0.4, 0.5) is 28.2 Å². The van der Waals surface area contributed by atoms with Gasteiger partial charge in [0, 0.05) is 37.5 Å². The van der Waals surface area contributed by atoms with Crippen molar-refractivity contribution in [2.24, 2.45) is 0 Å². The number of pyridine rings is 1. The number of amides is 1. The second kappa shape index (κ2) is 8.87. The minimum Gasteiger partial charge on any atom is -0.444 e. The molecule has 1 saturated heterocycles. The van der Waals surface area contributed by atoms with E-state index in [0.717, 1.165) is 18.5 Å². The van der Waals surface area contributed by atoms with Gasteiger partial charge in [-0.3, -0.25) is 9.38 Å². The van der Waals surface area contributed by atoms with E-state index in [4.69, 9.17) is 4.74 Å². The number of nitrogens with one attached hydrogen (secondary N) is 1. The summed E-state index contributed by atoms with van der Waals surface area (Å²) in [6.45, 7) is 6.72. The Kier molecular flexibility index (Phi) is 6.31. The van der Waals surface area contributed by atoms with Crippen LogP contribution in [-0.4, -0.2) is 66.4 Å². The van der Waals surface area contributed by atoms with E-state index in [9.17, 15) is 27.5 Å². The number of halogens is 4. The van der Waals surface area contributed by atoms with E-state index < -0.39 is 35.0 Å². The molecular weight excluding hydrogens is 484 g/mol. The number of hydrogen-bond donors (Lipinski definition) is 2. The van der Waals surface area contributed by atoms with Crippen LogP contribution in [0.1, 0.15) is 39.8 Å². The van der Waals surface area contributed by atoms with Gasteiger partial charge in [0.1, 0.15) is 17.2 Å². The molecule has 0 spiro atoms. The van der Waals surface area contributed by atoms with Crippen molar-refractivity contribution in [3.8, 4) is 11.4 Å². The molecule has 9 nitrogen and oxygen atoms in total. The number of anilines is 1. The summed E-state index contributed by atoms with van der Waals surface area (Å²) in [5.74, 6) is -0.441. The van der Waals surface area contributed by atoms with Crippen LogP contribution in [0.15, 0.2) is 30.7 Å². The first-order valence-corrected chi connectivity index (χ1v) is 11.2. The van der Waals surface area contributed by atoms with Crippen LogP contribution < -0.4 is 5.32 Å². The zero-order valence-corrected chi connectivity index (χ0v) is 20.1. The standard InChI is InChI=1S/C23H26F4N6O3/c1-21(2,3)36-20(34)32-6-5-14(11-32)30-18-8-13(24)7-15(31-18)16-9-29-19-10-28-17(12-33(16)19)22(4,35)23(25,26)27/h7-10,12,14,35H,5-6,11H2,1-4H3,(H,30,31). The molecule has 1 fully saturated rings. The zero-order valence-electron chi connectivity index (χ0n) is 20.1. The van der Waals surface area contributed by atoms with E-state index in [-0.39, 0.29) is 28.9 Å². The fraction of sp³-hybridized carbons (Fsp3) is 0.478. The average molecular weight is 510 g/mol. The molecule has 4 heterocycles. The molecule has 36 heavy (non-hydrogen) atoms. The number of likely N-dealkylation sites (tertiary alicyclic amines) is 1. The Morgan fingerprint density at radius 1 is 1.17 bits per heavy atom. The van der Waals surface area contributed by atoms with Crippen LogP contribution >= 0.6 is 0 Å². The number of aromatic nitrogens is 4. The average Bonchev–Trinajstić information content (AvgIpc) is 3.38. The number of ether oxygens (including phenoxy) is 1. The number of imidazole rings is 1. The van der Waals surface area contributed by atoms with Crippen molar-refractivity contribution in [1.29, 1.82) is 0 Å². The van der Waals surface area contributed by atoms with Gasteiger partial charge in [0.15, 0.2) is 5.65 Å². The number of aliphatic hydroxyl groups is 1. The van der Waals surface area contributed by atoms with Gasteiger partial charge in [0.05, 0.1) is 29.5 Å². The van der Waals surface area contributed by atoms with Gasteiger partial charge in [0.25, 0.3) is 0 Å². The fourth-order valence-electron chi connectivity index (χ4n) is 3.76. The van der Waals surface area contributed by atoms with Gasteiger partial charge in [-0.15, -0.1) is 0 Å². The van der Waals surface area contributed by atoms with Crippen molar-refractivity contribution in [2.75, 3.05) is 18.4 Å². The first-order chi connectivity index (χ1) is 16.6. The number of nitrogens with zero attached hydrogens (tertiary/aromatic N) is 5. The summed E-state index contributed by atoms with van der Waals surface area (Å²) in [5, 5.41) is 13.1. The van der Waals surface area contributed by atoms with Crippen molar-refractivity contribution in [3.63, 3.8) is 0 Å². The van der Waals surface area contributed by atoms with E-state index in [1.807, 2.05) is 0 Å². The smallest absolute Gasteiger partial charge is 0.422 e. The Morgan fingerprint density at radius 2 is 1.89 bits per heavy atom. The minimum absolute atomic E-state index is 0.107. The Bertz CT molecular complexity index is 1290. The molecule has 2 N–H and O–H groups in total. The monoisotopic (exact) mass is 510 g/mol. The molecule has 0 radical (unpaired) electrons. The summed E-state index contributed by atoms with van der Waals surface area (Å²) in [6.07, 6.45) is -1.40. The molecule has 13 heteroatoms. The minimum atomic E-state index is -4.96. The summed E-state index contributed by atoms with van der Waals surface area (Å²) in [5.41, 5.74) is -3.97. The molecule has 1 aliphatic rings. The predicted molar refractivity (Wildman–Crippen MR) is 122 cm³/mol. The number of carbonyl (C=O) groups excluding carboxylic acids is 1. The van der Waals surface area contributed by atoms with Gasteiger partial charge in [-0.1, -0.05) is 0 Å². The molecule has 3 aromatic rings. The lowest BCUT2D eigenvalue weighted by Gasteiger charge is -2.25. The quantitative estimate of drug-likeness (QED) is 0.509. The van der Waals surface area contributed by atoms with Gasteiger partial charge in [-0.05, 0) is 34.1 Å². The highest BCUT2D eigenvalue weighted by Crippen LogP contribution is 2.37. The first-order valence-electron chi connectivity index (χ1n) is 11.2. The second-order valence-electron chi connectivity index (χ2n) is 9.83. The van der Waals surface area contributed by atoms with Gasteiger partial charge in [0.2, 0.25) is 5.60 Å². The van der Waals surface area contributed by atoms with Crippen LogP contribution in [0.3, 0.4) is 0 Å². The lowest BCUT2D eigenvalue weighted by atomic mass is 10.0. The van der Waals surface area contributed by atoms with Crippen molar-refractivity contribution < 1.29 is 32.2 Å². The van der Waals surface area contributed by atoms with Crippen LogP contribution in [-0.2, 0) is 10.3 Å². The zero-order chi connectivity index (χ0) is 26.5. The lowest BCUT2D eigenvalue weighted by Crippen LogP contribution is -2.40. The molecule has 0 saturated carbocycles. The summed E-state index contributed by atoms with van der Waals surface area (Å²) in [7, 11) is 0. The van der Waals surface area contributed by atoms with Crippen molar-refractivity contribution in [3.05, 3.63) is 42.2 Å². The van der Waals surface area contributed by atoms with Crippen molar-refractivity contribution in [1.82, 2.24) is 24.3 Å². The van der Waals surface area contributed by atoms with E-state index in [2.05, 4.69) is 20.3 Å². The third-order valence-corrected chi connectivity index (χ3v) is 5.69. The number of rotatable bonds is 4. The number of hydrogen-bond acceptors (Lipinski definition) is 7. The van der Waals surface area contributed by atoms with Crippen LogP contribution in [0.5, 0.6) is 0 Å². The third kappa shape index (κ3) is 5.20. The van der Waals surface area contributed by atoms with Gasteiger partial charge in [-0.2, -0.15) is 13.2 Å². The topological polar surface area (TPSA) is 105 Å². The Hall–Kier alpha value is -3.48. The molecule has 0 aliphatic carbocycles. The van der Waals surface area contributed by atoms with Crippen molar-refractivity contribution in [2.45, 2.75) is 57.5 Å². The molecule has 1 amide bonds. The van der Waals surface area contributed by atoms with Crippen molar-refractivity contribution >= 4 is 17.6 Å². The Morgan fingerprint density at radius 3 is 2.56 bits per heavy atom. The van der Waals surface area contributed by atoms with Crippen LogP contribution in [0, 0.1) is 5.82 Å². The van der Waals surface area contributed by atoms with E-state index in [0.29, 0.717) is 26.4 Å². The predicted octanol–water partition coefficient (Wildman–Crippen LogP) is 4.12. The Labute approximate surface area is 204 Å². The lowest BCUT2D eigenvalue weighted by molar-refractivity contribution is -0.260. The van der Waals surface area contributed by atoms with E-state index in [1.54, 1.807) is 25.7 Å². The van der Waals surface area contributed by atoms with E-state index in [1.165, 1.54) is 16.7 Å². The summed E-state index contributed by atoms with van der Waals surface area (Å²) in [4.78, 5) is 26.1. The SMILES string of the molecule is CC(C)(C)OC(=O)N1CCC(Nc2cc(F)cc(-c3cnc4cnc(C(C)(O)C(F)(F)F)cn34)n2)C1. The highest BCUT2D eigenvalue weighted by molar-refractivity contribution is 5.69. The van der Waals surface area contributed by atoms with Gasteiger partial charge >= 0.3 is 12.3 Å². The molecule has 2 unspecified atom stereocenters.